The average molecular weight is 279 g/mol. The number of benzene rings is 1. The number of ether oxygens (including phenoxy) is 1. The standard InChI is InChI=1S/C16H25NO3/c1-4-5-10-20-11-6-9-17-16(19)14-8-7-12(2)13(3)15(14)18/h7-8,18H,4-6,9-11H2,1-3H3,(H,17,19). The number of aryl methyl sites for hydroxylation is 1. The molecule has 0 heterocycles. The van der Waals surface area contributed by atoms with Crippen LogP contribution in [0, 0.1) is 13.8 Å². The maximum Gasteiger partial charge on any atom is 0.255 e. The summed E-state index contributed by atoms with van der Waals surface area (Å²) in [5, 5.41) is 12.8. The normalized spacial score (nSPS) is 10.6. The van der Waals surface area contributed by atoms with Crippen molar-refractivity contribution < 1.29 is 14.6 Å². The van der Waals surface area contributed by atoms with Gasteiger partial charge >= 0.3 is 0 Å². The number of amides is 1. The molecule has 0 fully saturated rings. The molecule has 0 aliphatic carbocycles. The fraction of sp³-hybridized carbons (Fsp3) is 0.562. The molecule has 0 aliphatic rings. The van der Waals surface area contributed by atoms with Crippen LogP contribution in [0.5, 0.6) is 5.75 Å². The Bertz CT molecular complexity index is 444. The van der Waals surface area contributed by atoms with Gasteiger partial charge < -0.3 is 15.2 Å². The molecule has 0 unspecified atom stereocenters. The van der Waals surface area contributed by atoms with Crippen LogP contribution < -0.4 is 5.32 Å². The van der Waals surface area contributed by atoms with Gasteiger partial charge in [0.15, 0.2) is 0 Å². The molecule has 1 amide bonds. The smallest absolute Gasteiger partial charge is 0.255 e. The van der Waals surface area contributed by atoms with E-state index in [1.54, 1.807) is 6.07 Å². The number of aromatic hydroxyl groups is 1. The van der Waals surface area contributed by atoms with Crippen molar-refractivity contribution in [1.29, 1.82) is 0 Å². The van der Waals surface area contributed by atoms with Gasteiger partial charge in [-0.2, -0.15) is 0 Å². The van der Waals surface area contributed by atoms with E-state index in [1.165, 1.54) is 0 Å². The molecule has 4 nitrogen and oxygen atoms in total. The highest BCUT2D eigenvalue weighted by atomic mass is 16.5. The Kier molecular flexibility index (Phi) is 7.09. The number of phenols is 1. The van der Waals surface area contributed by atoms with Gasteiger partial charge in [0, 0.05) is 19.8 Å². The second-order valence-electron chi connectivity index (χ2n) is 4.98. The van der Waals surface area contributed by atoms with Crippen molar-refractivity contribution in [2.24, 2.45) is 0 Å². The monoisotopic (exact) mass is 279 g/mol. The molecule has 0 aromatic heterocycles. The Balaban J connectivity index is 2.35. The fourth-order valence-electron chi connectivity index (χ4n) is 1.80. The molecule has 0 radical (unpaired) electrons. The number of carbonyl (C=O) groups excluding carboxylic acids is 1. The zero-order chi connectivity index (χ0) is 15.0. The molecule has 1 aromatic rings. The first kappa shape index (κ1) is 16.5. The number of hydrogen-bond acceptors (Lipinski definition) is 3. The van der Waals surface area contributed by atoms with Crippen LogP contribution in [-0.2, 0) is 4.74 Å². The summed E-state index contributed by atoms with van der Waals surface area (Å²) in [6.45, 7) is 7.83. The van der Waals surface area contributed by atoms with Gasteiger partial charge in [-0.3, -0.25) is 4.79 Å². The van der Waals surface area contributed by atoms with E-state index in [9.17, 15) is 9.90 Å². The largest absolute Gasteiger partial charge is 0.507 e. The summed E-state index contributed by atoms with van der Waals surface area (Å²) in [5.74, 6) is -0.166. The molecule has 1 rings (SSSR count). The third kappa shape index (κ3) is 4.85. The van der Waals surface area contributed by atoms with Crippen molar-refractivity contribution in [3.05, 3.63) is 28.8 Å². The van der Waals surface area contributed by atoms with E-state index in [0.717, 1.165) is 37.0 Å². The molecule has 0 saturated carbocycles. The van der Waals surface area contributed by atoms with E-state index in [2.05, 4.69) is 12.2 Å². The van der Waals surface area contributed by atoms with Crippen LogP contribution in [0.1, 0.15) is 47.7 Å². The van der Waals surface area contributed by atoms with Gasteiger partial charge in [-0.1, -0.05) is 19.4 Å². The van der Waals surface area contributed by atoms with Gasteiger partial charge in [-0.25, -0.2) is 0 Å². The zero-order valence-corrected chi connectivity index (χ0v) is 12.7. The molecule has 0 aliphatic heterocycles. The lowest BCUT2D eigenvalue weighted by Gasteiger charge is -2.10. The maximum absolute atomic E-state index is 12.0. The van der Waals surface area contributed by atoms with Gasteiger partial charge in [0.1, 0.15) is 5.75 Å². The van der Waals surface area contributed by atoms with E-state index in [-0.39, 0.29) is 11.7 Å². The van der Waals surface area contributed by atoms with Gasteiger partial charge in [0.2, 0.25) is 0 Å². The molecule has 0 bridgehead atoms. The highest BCUT2D eigenvalue weighted by Gasteiger charge is 2.13. The van der Waals surface area contributed by atoms with Gasteiger partial charge in [0.05, 0.1) is 5.56 Å². The maximum atomic E-state index is 12.0. The Hall–Kier alpha value is -1.55. The molecule has 1 aromatic carbocycles. The minimum atomic E-state index is -0.237. The molecule has 4 heteroatoms. The molecule has 0 atom stereocenters. The van der Waals surface area contributed by atoms with E-state index in [0.29, 0.717) is 18.7 Å². The number of unbranched alkanes of at least 4 members (excludes halogenated alkanes) is 1. The minimum Gasteiger partial charge on any atom is -0.507 e. The Morgan fingerprint density at radius 2 is 1.95 bits per heavy atom. The lowest BCUT2D eigenvalue weighted by atomic mass is 10.0. The quantitative estimate of drug-likeness (QED) is 0.719. The van der Waals surface area contributed by atoms with Gasteiger partial charge in [-0.05, 0) is 43.9 Å². The topological polar surface area (TPSA) is 58.6 Å². The van der Waals surface area contributed by atoms with Crippen molar-refractivity contribution in [2.45, 2.75) is 40.0 Å². The minimum absolute atomic E-state index is 0.0710. The number of nitrogens with one attached hydrogen (secondary N) is 1. The lowest BCUT2D eigenvalue weighted by molar-refractivity contribution is 0.0937. The summed E-state index contributed by atoms with van der Waals surface area (Å²) in [4.78, 5) is 12.0. The van der Waals surface area contributed by atoms with E-state index in [1.807, 2.05) is 19.9 Å². The van der Waals surface area contributed by atoms with Crippen LogP contribution in [0.3, 0.4) is 0 Å². The van der Waals surface area contributed by atoms with Crippen LogP contribution in [0.25, 0.3) is 0 Å². The van der Waals surface area contributed by atoms with E-state index < -0.39 is 0 Å². The van der Waals surface area contributed by atoms with E-state index in [4.69, 9.17) is 4.74 Å². The Morgan fingerprint density at radius 1 is 1.25 bits per heavy atom. The molecule has 2 N–H and O–H groups in total. The van der Waals surface area contributed by atoms with Crippen molar-refractivity contribution in [2.75, 3.05) is 19.8 Å². The summed E-state index contributed by atoms with van der Waals surface area (Å²) >= 11 is 0. The summed E-state index contributed by atoms with van der Waals surface area (Å²) in [6, 6.07) is 3.50. The molecule has 0 saturated heterocycles. The summed E-state index contributed by atoms with van der Waals surface area (Å²) < 4.78 is 5.42. The summed E-state index contributed by atoms with van der Waals surface area (Å²) in [7, 11) is 0. The van der Waals surface area contributed by atoms with Crippen LogP contribution in [0.15, 0.2) is 12.1 Å². The average Bonchev–Trinajstić information content (AvgIpc) is 2.43. The zero-order valence-electron chi connectivity index (χ0n) is 12.7. The number of hydrogen-bond donors (Lipinski definition) is 2. The molecule has 0 spiro atoms. The summed E-state index contributed by atoms with van der Waals surface area (Å²) in [6.07, 6.45) is 2.98. The fourth-order valence-corrected chi connectivity index (χ4v) is 1.80. The van der Waals surface area contributed by atoms with Crippen LogP contribution in [0.4, 0.5) is 0 Å². The summed E-state index contributed by atoms with van der Waals surface area (Å²) in [5.41, 5.74) is 2.06. The first-order valence-electron chi connectivity index (χ1n) is 7.23. The third-order valence-corrected chi connectivity index (χ3v) is 3.34. The first-order chi connectivity index (χ1) is 9.57. The molecule has 20 heavy (non-hydrogen) atoms. The van der Waals surface area contributed by atoms with Crippen molar-refractivity contribution in [3.8, 4) is 5.75 Å². The Morgan fingerprint density at radius 3 is 2.65 bits per heavy atom. The second kappa shape index (κ2) is 8.59. The van der Waals surface area contributed by atoms with Gasteiger partial charge in [0.25, 0.3) is 5.91 Å². The number of phenolic OH excluding ortho intramolecular Hbond substituents is 1. The van der Waals surface area contributed by atoms with Crippen molar-refractivity contribution in [1.82, 2.24) is 5.32 Å². The first-order valence-corrected chi connectivity index (χ1v) is 7.23. The van der Waals surface area contributed by atoms with E-state index >= 15 is 0 Å². The highest BCUT2D eigenvalue weighted by Crippen LogP contribution is 2.24. The third-order valence-electron chi connectivity index (χ3n) is 3.34. The second-order valence-corrected chi connectivity index (χ2v) is 4.98. The predicted octanol–water partition coefficient (Wildman–Crippen LogP) is 2.95. The predicted molar refractivity (Wildman–Crippen MR) is 80.3 cm³/mol. The molecular weight excluding hydrogens is 254 g/mol. The lowest BCUT2D eigenvalue weighted by Crippen LogP contribution is -2.25. The van der Waals surface area contributed by atoms with Crippen molar-refractivity contribution in [3.63, 3.8) is 0 Å². The van der Waals surface area contributed by atoms with Crippen molar-refractivity contribution >= 4 is 5.91 Å². The number of carbonyl (C=O) groups is 1. The van der Waals surface area contributed by atoms with Gasteiger partial charge in [-0.15, -0.1) is 0 Å². The van der Waals surface area contributed by atoms with Crippen LogP contribution >= 0.6 is 0 Å². The number of rotatable bonds is 8. The highest BCUT2D eigenvalue weighted by molar-refractivity contribution is 5.97. The SMILES string of the molecule is CCCCOCCCNC(=O)c1ccc(C)c(C)c1O. The Labute approximate surface area is 121 Å². The molecule has 112 valence electrons. The molecular formula is C16H25NO3. The van der Waals surface area contributed by atoms with Crippen LogP contribution in [-0.4, -0.2) is 30.8 Å². The van der Waals surface area contributed by atoms with Crippen LogP contribution in [0.2, 0.25) is 0 Å².